The predicted octanol–water partition coefficient (Wildman–Crippen LogP) is 0.933. The molecule has 1 aromatic rings. The molecule has 1 amide bonds. The Hall–Kier alpha value is -2.08. The van der Waals surface area contributed by atoms with Crippen molar-refractivity contribution in [3.05, 3.63) is 35.9 Å². The third-order valence-electron chi connectivity index (χ3n) is 2.48. The van der Waals surface area contributed by atoms with Gasteiger partial charge < -0.3 is 9.84 Å². The first-order valence-electron chi connectivity index (χ1n) is 5.36. The average molecular weight is 252 g/mol. The third-order valence-corrected chi connectivity index (χ3v) is 2.48. The van der Waals surface area contributed by atoms with Crippen LogP contribution in [0.3, 0.4) is 0 Å². The van der Waals surface area contributed by atoms with Crippen LogP contribution in [0.1, 0.15) is 12.5 Å². The van der Waals surface area contributed by atoms with Gasteiger partial charge in [0.1, 0.15) is 5.54 Å². The van der Waals surface area contributed by atoms with E-state index in [0.29, 0.717) is 6.42 Å². The molecule has 3 N–H and O–H groups in total. The van der Waals surface area contributed by atoms with E-state index in [1.165, 1.54) is 7.11 Å². The Morgan fingerprint density at radius 2 is 1.94 bits per heavy atom. The van der Waals surface area contributed by atoms with Crippen LogP contribution in [-0.4, -0.2) is 29.8 Å². The van der Waals surface area contributed by atoms with Gasteiger partial charge in [0.15, 0.2) is 0 Å². The van der Waals surface area contributed by atoms with E-state index >= 15 is 0 Å². The number of ether oxygens (including phenoxy) is 1. The van der Waals surface area contributed by atoms with Crippen LogP contribution >= 0.6 is 0 Å². The Labute approximate surface area is 105 Å². The molecule has 0 spiro atoms. The molecule has 18 heavy (non-hydrogen) atoms. The zero-order chi connectivity index (χ0) is 13.6. The lowest BCUT2D eigenvalue weighted by atomic mass is 9.93. The highest BCUT2D eigenvalue weighted by molar-refractivity contribution is 5.81. The van der Waals surface area contributed by atoms with Crippen LogP contribution in [0, 0.1) is 0 Å². The molecule has 0 heterocycles. The SMILES string of the molecule is COC(=O)C(C)(Cc1ccccc1)NNC(=O)O. The fourth-order valence-electron chi connectivity index (χ4n) is 1.59. The van der Waals surface area contributed by atoms with Gasteiger partial charge in [-0.05, 0) is 12.5 Å². The first kappa shape index (κ1) is 14.0. The molecular weight excluding hydrogens is 236 g/mol. The van der Waals surface area contributed by atoms with Crippen molar-refractivity contribution in [2.45, 2.75) is 18.9 Å². The van der Waals surface area contributed by atoms with E-state index in [4.69, 9.17) is 5.11 Å². The van der Waals surface area contributed by atoms with E-state index in [2.05, 4.69) is 10.2 Å². The summed E-state index contributed by atoms with van der Waals surface area (Å²) in [5.41, 5.74) is 4.19. The number of carbonyl (C=O) groups is 2. The van der Waals surface area contributed by atoms with Crippen LogP contribution in [0.2, 0.25) is 0 Å². The summed E-state index contributed by atoms with van der Waals surface area (Å²) < 4.78 is 4.69. The van der Waals surface area contributed by atoms with Crippen LogP contribution in [0.15, 0.2) is 30.3 Å². The van der Waals surface area contributed by atoms with E-state index in [9.17, 15) is 9.59 Å². The fraction of sp³-hybridized carbons (Fsp3) is 0.333. The molecule has 6 nitrogen and oxygen atoms in total. The molecular formula is C12H16N2O4. The third kappa shape index (κ3) is 3.74. The summed E-state index contributed by atoms with van der Waals surface area (Å²) in [7, 11) is 1.26. The lowest BCUT2D eigenvalue weighted by molar-refractivity contribution is -0.148. The molecule has 0 radical (unpaired) electrons. The summed E-state index contributed by atoms with van der Waals surface area (Å²) >= 11 is 0. The van der Waals surface area contributed by atoms with Crippen molar-refractivity contribution in [1.29, 1.82) is 0 Å². The van der Waals surface area contributed by atoms with Gasteiger partial charge in [-0.2, -0.15) is 0 Å². The highest BCUT2D eigenvalue weighted by Gasteiger charge is 2.35. The molecule has 1 rings (SSSR count). The average Bonchev–Trinajstić information content (AvgIpc) is 2.36. The Morgan fingerprint density at radius 3 is 2.44 bits per heavy atom. The summed E-state index contributed by atoms with van der Waals surface area (Å²) in [5, 5.41) is 8.57. The highest BCUT2D eigenvalue weighted by atomic mass is 16.5. The minimum atomic E-state index is -1.27. The van der Waals surface area contributed by atoms with Gasteiger partial charge in [-0.3, -0.25) is 5.43 Å². The minimum Gasteiger partial charge on any atom is -0.468 e. The molecule has 0 aliphatic carbocycles. The molecule has 98 valence electrons. The summed E-state index contributed by atoms with van der Waals surface area (Å²) in [6.07, 6.45) is -0.959. The maximum atomic E-state index is 11.7. The molecule has 0 saturated heterocycles. The largest absolute Gasteiger partial charge is 0.468 e. The standard InChI is InChI=1S/C12H16N2O4/c1-12(10(15)18-2,14-13-11(16)17)8-9-6-4-3-5-7-9/h3-7,13-14H,8H2,1-2H3,(H,16,17). The molecule has 0 aliphatic heterocycles. The summed E-state index contributed by atoms with van der Waals surface area (Å²) in [6.45, 7) is 1.57. The minimum absolute atomic E-state index is 0.306. The quantitative estimate of drug-likeness (QED) is 0.536. The van der Waals surface area contributed by atoms with Gasteiger partial charge in [-0.25, -0.2) is 15.0 Å². The smallest absolute Gasteiger partial charge is 0.419 e. The Morgan fingerprint density at radius 1 is 1.33 bits per heavy atom. The summed E-state index contributed by atoms with van der Waals surface area (Å²) in [5.74, 6) is -0.542. The van der Waals surface area contributed by atoms with Gasteiger partial charge in [-0.15, -0.1) is 0 Å². The topological polar surface area (TPSA) is 87.7 Å². The van der Waals surface area contributed by atoms with Gasteiger partial charge >= 0.3 is 12.1 Å². The lowest BCUT2D eigenvalue weighted by Crippen LogP contribution is -2.58. The Kier molecular flexibility index (Phi) is 4.67. The van der Waals surface area contributed by atoms with E-state index in [1.807, 2.05) is 35.8 Å². The van der Waals surface area contributed by atoms with Crippen LogP contribution in [-0.2, 0) is 16.0 Å². The van der Waals surface area contributed by atoms with Crippen molar-refractivity contribution in [2.24, 2.45) is 0 Å². The number of hydrogen-bond donors (Lipinski definition) is 3. The van der Waals surface area contributed by atoms with Crippen molar-refractivity contribution in [3.8, 4) is 0 Å². The number of amides is 1. The highest BCUT2D eigenvalue weighted by Crippen LogP contribution is 2.14. The normalized spacial score (nSPS) is 13.4. The Bertz CT molecular complexity index is 421. The summed E-state index contributed by atoms with van der Waals surface area (Å²) in [4.78, 5) is 22.2. The van der Waals surface area contributed by atoms with Crippen molar-refractivity contribution in [1.82, 2.24) is 10.9 Å². The number of esters is 1. The lowest BCUT2D eigenvalue weighted by Gasteiger charge is -2.27. The van der Waals surface area contributed by atoms with Crippen LogP contribution in [0.4, 0.5) is 4.79 Å². The van der Waals surface area contributed by atoms with Crippen LogP contribution in [0.25, 0.3) is 0 Å². The number of benzene rings is 1. The molecule has 1 unspecified atom stereocenters. The van der Waals surface area contributed by atoms with Crippen molar-refractivity contribution < 1.29 is 19.4 Å². The number of carboxylic acid groups (broad SMARTS) is 1. The zero-order valence-electron chi connectivity index (χ0n) is 10.3. The Balaban J connectivity index is 2.84. The molecule has 0 bridgehead atoms. The van der Waals surface area contributed by atoms with Crippen LogP contribution in [0.5, 0.6) is 0 Å². The second-order valence-electron chi connectivity index (χ2n) is 4.04. The van der Waals surface area contributed by atoms with E-state index in [-0.39, 0.29) is 0 Å². The monoisotopic (exact) mass is 252 g/mol. The van der Waals surface area contributed by atoms with E-state index in [1.54, 1.807) is 6.92 Å². The van der Waals surface area contributed by atoms with Gasteiger partial charge in [0, 0.05) is 6.42 Å². The number of methoxy groups -OCH3 is 1. The number of carbonyl (C=O) groups excluding carboxylic acids is 1. The van der Waals surface area contributed by atoms with Gasteiger partial charge in [0.05, 0.1) is 7.11 Å². The number of hydrazine groups is 1. The maximum Gasteiger partial charge on any atom is 0.419 e. The van der Waals surface area contributed by atoms with Gasteiger partial charge in [-0.1, -0.05) is 30.3 Å². The molecule has 0 fully saturated rings. The van der Waals surface area contributed by atoms with Crippen molar-refractivity contribution >= 4 is 12.1 Å². The predicted molar refractivity (Wildman–Crippen MR) is 64.9 cm³/mol. The van der Waals surface area contributed by atoms with Gasteiger partial charge in [0.2, 0.25) is 0 Å². The number of nitrogens with one attached hydrogen (secondary N) is 2. The second kappa shape index (κ2) is 6.02. The molecule has 0 aliphatic rings. The zero-order valence-corrected chi connectivity index (χ0v) is 10.3. The number of hydrogen-bond acceptors (Lipinski definition) is 4. The molecule has 6 heteroatoms. The number of rotatable bonds is 5. The first-order chi connectivity index (χ1) is 8.48. The van der Waals surface area contributed by atoms with Crippen LogP contribution < -0.4 is 10.9 Å². The molecule has 1 atom stereocenters. The summed E-state index contributed by atoms with van der Waals surface area (Å²) in [6, 6.07) is 9.25. The van der Waals surface area contributed by atoms with E-state index < -0.39 is 17.6 Å². The second-order valence-corrected chi connectivity index (χ2v) is 4.04. The van der Waals surface area contributed by atoms with Crippen molar-refractivity contribution in [3.63, 3.8) is 0 Å². The first-order valence-corrected chi connectivity index (χ1v) is 5.36. The molecule has 0 aromatic heterocycles. The maximum absolute atomic E-state index is 11.7. The van der Waals surface area contributed by atoms with Gasteiger partial charge in [0.25, 0.3) is 0 Å². The van der Waals surface area contributed by atoms with E-state index in [0.717, 1.165) is 5.56 Å². The molecule has 1 aromatic carbocycles. The van der Waals surface area contributed by atoms with Crippen molar-refractivity contribution in [2.75, 3.05) is 7.11 Å². The fourth-order valence-corrected chi connectivity index (χ4v) is 1.59. The molecule has 0 saturated carbocycles.